The van der Waals surface area contributed by atoms with Gasteiger partial charge in [0.1, 0.15) is 28.1 Å². The Labute approximate surface area is 179 Å². The van der Waals surface area contributed by atoms with Gasteiger partial charge in [0, 0.05) is 45.3 Å². The van der Waals surface area contributed by atoms with E-state index < -0.39 is 0 Å². The van der Waals surface area contributed by atoms with Gasteiger partial charge in [0.2, 0.25) is 0 Å². The molecule has 1 aliphatic rings. The highest BCUT2D eigenvalue weighted by Crippen LogP contribution is 2.29. The second kappa shape index (κ2) is 8.34. The molecule has 7 nitrogen and oxygen atoms in total. The Morgan fingerprint density at radius 1 is 1.17 bits per heavy atom. The molecule has 0 spiro atoms. The molecule has 154 valence electrons. The average Bonchev–Trinajstić information content (AvgIpc) is 2.77. The van der Waals surface area contributed by atoms with Gasteiger partial charge in [-0.3, -0.25) is 9.69 Å². The van der Waals surface area contributed by atoms with Gasteiger partial charge in [0.25, 0.3) is 5.56 Å². The number of pyridine rings is 2. The van der Waals surface area contributed by atoms with Crippen molar-refractivity contribution in [2.45, 2.75) is 6.54 Å². The van der Waals surface area contributed by atoms with Crippen molar-refractivity contribution in [3.63, 3.8) is 0 Å². The van der Waals surface area contributed by atoms with E-state index in [0.717, 1.165) is 30.9 Å². The number of piperazine rings is 1. The predicted molar refractivity (Wildman–Crippen MR) is 117 cm³/mol. The Bertz CT molecular complexity index is 1190. The number of hydrogen-bond donors (Lipinski definition) is 0. The second-order valence-electron chi connectivity index (χ2n) is 7.28. The van der Waals surface area contributed by atoms with Crippen LogP contribution in [0.3, 0.4) is 0 Å². The normalized spacial score (nSPS) is 14.7. The summed E-state index contributed by atoms with van der Waals surface area (Å²) >= 11 is 6.14. The molecule has 1 aromatic carbocycles. The smallest absolute Gasteiger partial charge is 0.270 e. The van der Waals surface area contributed by atoms with Crippen molar-refractivity contribution in [2.75, 3.05) is 38.2 Å². The zero-order valence-electron chi connectivity index (χ0n) is 16.9. The van der Waals surface area contributed by atoms with Crippen LogP contribution in [0.1, 0.15) is 11.1 Å². The van der Waals surface area contributed by atoms with Crippen LogP contribution in [0.25, 0.3) is 11.0 Å². The number of nitrogens with zero attached hydrogens (tertiary/aromatic N) is 5. The molecule has 0 radical (unpaired) electrons. The maximum atomic E-state index is 12.8. The number of benzene rings is 1. The van der Waals surface area contributed by atoms with Crippen LogP contribution >= 0.6 is 11.6 Å². The highest BCUT2D eigenvalue weighted by atomic mass is 35.5. The van der Waals surface area contributed by atoms with Crippen molar-refractivity contribution in [3.8, 4) is 11.8 Å². The molecule has 0 saturated carbocycles. The first-order valence-corrected chi connectivity index (χ1v) is 10.1. The summed E-state index contributed by atoms with van der Waals surface area (Å²) in [5, 5.41) is 10.0. The molecule has 0 bridgehead atoms. The standard InChI is InChI=1S/C22H22ClN5O2/c1-26-17-7-8-19(23)25-20(17)21(16(13-24)22(26)29)28-11-9-27(10-12-28)14-15-5-3-4-6-18(15)30-2/h3-8H,9-12,14H2,1-2H3. The minimum atomic E-state index is -0.319. The molecule has 3 heterocycles. The fraction of sp³-hybridized carbons (Fsp3) is 0.318. The molecular formula is C22H22ClN5O2. The summed E-state index contributed by atoms with van der Waals surface area (Å²) in [6.07, 6.45) is 0. The van der Waals surface area contributed by atoms with Gasteiger partial charge in [-0.05, 0) is 18.2 Å². The van der Waals surface area contributed by atoms with Gasteiger partial charge >= 0.3 is 0 Å². The van der Waals surface area contributed by atoms with Crippen molar-refractivity contribution < 1.29 is 4.74 Å². The van der Waals surface area contributed by atoms with E-state index in [4.69, 9.17) is 16.3 Å². The third kappa shape index (κ3) is 3.60. The number of halogens is 1. The SMILES string of the molecule is COc1ccccc1CN1CCN(c2c(C#N)c(=O)n(C)c3ccc(Cl)nc23)CC1. The number of para-hydroxylation sites is 1. The molecule has 0 N–H and O–H groups in total. The monoisotopic (exact) mass is 423 g/mol. The first-order chi connectivity index (χ1) is 14.5. The maximum Gasteiger partial charge on any atom is 0.270 e. The molecule has 2 aromatic heterocycles. The summed E-state index contributed by atoms with van der Waals surface area (Å²) in [5.41, 5.74) is 2.75. The Hall–Kier alpha value is -3.08. The van der Waals surface area contributed by atoms with E-state index in [1.165, 1.54) is 4.57 Å². The van der Waals surface area contributed by atoms with Gasteiger partial charge in [0.05, 0.1) is 18.3 Å². The summed E-state index contributed by atoms with van der Waals surface area (Å²) in [6, 6.07) is 13.5. The lowest BCUT2D eigenvalue weighted by molar-refractivity contribution is 0.246. The lowest BCUT2D eigenvalue weighted by Gasteiger charge is -2.36. The number of hydrogen-bond acceptors (Lipinski definition) is 6. The van der Waals surface area contributed by atoms with E-state index in [0.29, 0.717) is 35.0 Å². The minimum Gasteiger partial charge on any atom is -0.496 e. The van der Waals surface area contributed by atoms with Gasteiger partial charge in [-0.15, -0.1) is 0 Å². The van der Waals surface area contributed by atoms with E-state index >= 15 is 0 Å². The van der Waals surface area contributed by atoms with Crippen LogP contribution in [0.15, 0.2) is 41.2 Å². The quantitative estimate of drug-likeness (QED) is 0.601. The van der Waals surface area contributed by atoms with Crippen LogP contribution in [-0.2, 0) is 13.6 Å². The van der Waals surface area contributed by atoms with Crippen LogP contribution in [-0.4, -0.2) is 47.7 Å². The number of anilines is 1. The van der Waals surface area contributed by atoms with Crippen molar-refractivity contribution in [1.82, 2.24) is 14.5 Å². The molecule has 30 heavy (non-hydrogen) atoms. The number of ether oxygens (including phenoxy) is 1. The molecule has 1 saturated heterocycles. The van der Waals surface area contributed by atoms with Crippen LogP contribution in [0.2, 0.25) is 5.15 Å². The van der Waals surface area contributed by atoms with E-state index in [2.05, 4.69) is 26.9 Å². The van der Waals surface area contributed by atoms with Gasteiger partial charge in [-0.25, -0.2) is 4.98 Å². The Kier molecular flexibility index (Phi) is 5.62. The molecular weight excluding hydrogens is 402 g/mol. The summed E-state index contributed by atoms with van der Waals surface area (Å²) in [5.74, 6) is 0.878. The molecule has 4 rings (SSSR count). The first kappa shape index (κ1) is 20.2. The van der Waals surface area contributed by atoms with Crippen LogP contribution in [0.4, 0.5) is 5.69 Å². The Morgan fingerprint density at radius 2 is 1.90 bits per heavy atom. The van der Waals surface area contributed by atoms with Crippen molar-refractivity contribution in [1.29, 1.82) is 5.26 Å². The Balaban J connectivity index is 1.64. The average molecular weight is 424 g/mol. The van der Waals surface area contributed by atoms with Gasteiger partial charge in [-0.2, -0.15) is 5.26 Å². The van der Waals surface area contributed by atoms with Gasteiger partial charge < -0.3 is 14.2 Å². The fourth-order valence-electron chi connectivity index (χ4n) is 3.98. The lowest BCUT2D eigenvalue weighted by atomic mass is 10.1. The zero-order chi connectivity index (χ0) is 21.3. The molecule has 3 aromatic rings. The van der Waals surface area contributed by atoms with Crippen molar-refractivity contribution in [3.05, 3.63) is 63.0 Å². The summed E-state index contributed by atoms with van der Waals surface area (Å²) in [6.45, 7) is 3.73. The number of aryl methyl sites for hydroxylation is 1. The van der Waals surface area contributed by atoms with E-state index in [-0.39, 0.29) is 11.1 Å². The topological polar surface area (TPSA) is 74.4 Å². The molecule has 8 heteroatoms. The third-order valence-corrected chi connectivity index (χ3v) is 5.78. The number of methoxy groups -OCH3 is 1. The first-order valence-electron chi connectivity index (χ1n) is 9.72. The molecule has 1 aliphatic heterocycles. The van der Waals surface area contributed by atoms with Crippen LogP contribution in [0.5, 0.6) is 5.75 Å². The van der Waals surface area contributed by atoms with E-state index in [9.17, 15) is 10.1 Å². The Morgan fingerprint density at radius 3 is 2.60 bits per heavy atom. The molecule has 0 unspecified atom stereocenters. The number of fused-ring (bicyclic) bond motifs is 1. The third-order valence-electron chi connectivity index (χ3n) is 5.57. The summed E-state index contributed by atoms with van der Waals surface area (Å²) in [7, 11) is 3.33. The van der Waals surface area contributed by atoms with Gasteiger partial charge in [0.15, 0.2) is 0 Å². The summed E-state index contributed by atoms with van der Waals surface area (Å²) in [4.78, 5) is 21.6. The second-order valence-corrected chi connectivity index (χ2v) is 7.66. The molecule has 0 amide bonds. The van der Waals surface area contributed by atoms with E-state index in [1.807, 2.05) is 18.2 Å². The van der Waals surface area contributed by atoms with Crippen LogP contribution < -0.4 is 15.2 Å². The number of aromatic nitrogens is 2. The van der Waals surface area contributed by atoms with Crippen molar-refractivity contribution >= 4 is 28.3 Å². The van der Waals surface area contributed by atoms with E-state index in [1.54, 1.807) is 26.3 Å². The predicted octanol–water partition coefficient (Wildman–Crippen LogP) is 2.79. The largest absolute Gasteiger partial charge is 0.496 e. The van der Waals surface area contributed by atoms with Crippen LogP contribution in [0, 0.1) is 11.3 Å². The molecule has 0 atom stereocenters. The lowest BCUT2D eigenvalue weighted by Crippen LogP contribution is -2.47. The highest BCUT2D eigenvalue weighted by Gasteiger charge is 2.25. The maximum absolute atomic E-state index is 12.8. The number of rotatable bonds is 4. The fourth-order valence-corrected chi connectivity index (χ4v) is 4.13. The zero-order valence-corrected chi connectivity index (χ0v) is 17.7. The van der Waals surface area contributed by atoms with Gasteiger partial charge in [-0.1, -0.05) is 29.8 Å². The van der Waals surface area contributed by atoms with Crippen molar-refractivity contribution in [2.24, 2.45) is 7.05 Å². The number of nitriles is 1. The minimum absolute atomic E-state index is 0.109. The molecule has 1 fully saturated rings. The summed E-state index contributed by atoms with van der Waals surface area (Å²) < 4.78 is 6.92. The molecule has 0 aliphatic carbocycles. The highest BCUT2D eigenvalue weighted by molar-refractivity contribution is 6.29.